The van der Waals surface area contributed by atoms with E-state index in [1.807, 2.05) is 18.7 Å². The van der Waals surface area contributed by atoms with Gasteiger partial charge in [0.1, 0.15) is 5.82 Å². The Bertz CT molecular complexity index is 456. The second-order valence-corrected chi connectivity index (χ2v) is 4.49. The predicted octanol–water partition coefficient (Wildman–Crippen LogP) is 1.19. The van der Waals surface area contributed by atoms with Gasteiger partial charge in [-0.25, -0.2) is 4.98 Å². The molecule has 98 valence electrons. The zero-order valence-electron chi connectivity index (χ0n) is 10.4. The van der Waals surface area contributed by atoms with E-state index in [9.17, 15) is 10.1 Å². The maximum absolute atomic E-state index is 10.7. The second-order valence-electron chi connectivity index (χ2n) is 4.49. The molecule has 0 radical (unpaired) electrons. The van der Waals surface area contributed by atoms with E-state index in [2.05, 4.69) is 4.98 Å². The van der Waals surface area contributed by atoms with Gasteiger partial charge in [0.05, 0.1) is 17.1 Å². The molecule has 1 aromatic rings. The minimum absolute atomic E-state index is 0.0516. The van der Waals surface area contributed by atoms with Crippen LogP contribution < -0.4 is 10.6 Å². The summed E-state index contributed by atoms with van der Waals surface area (Å²) in [4.78, 5) is 16.3. The van der Waals surface area contributed by atoms with E-state index >= 15 is 0 Å². The summed E-state index contributed by atoms with van der Waals surface area (Å²) in [6, 6.07) is 3.02. The molecule has 0 aliphatic carbocycles. The molecule has 0 spiro atoms. The number of ether oxygens (including phenoxy) is 1. The highest BCUT2D eigenvalue weighted by Crippen LogP contribution is 2.25. The summed E-state index contributed by atoms with van der Waals surface area (Å²) < 4.78 is 5.62. The van der Waals surface area contributed by atoms with Crippen molar-refractivity contribution in [3.05, 3.63) is 22.2 Å². The Morgan fingerprint density at radius 3 is 2.56 bits per heavy atom. The van der Waals surface area contributed by atoms with Crippen LogP contribution in [0.2, 0.25) is 0 Å². The zero-order valence-corrected chi connectivity index (χ0v) is 10.4. The average molecular weight is 252 g/mol. The van der Waals surface area contributed by atoms with E-state index in [0.29, 0.717) is 18.9 Å². The first kappa shape index (κ1) is 12.6. The average Bonchev–Trinajstić information content (AvgIpc) is 2.26. The van der Waals surface area contributed by atoms with E-state index in [1.165, 1.54) is 6.07 Å². The van der Waals surface area contributed by atoms with Crippen molar-refractivity contribution in [2.75, 3.05) is 23.7 Å². The third-order valence-corrected chi connectivity index (χ3v) is 2.83. The number of pyridine rings is 1. The van der Waals surface area contributed by atoms with Gasteiger partial charge in [0, 0.05) is 19.2 Å². The van der Waals surface area contributed by atoms with Crippen LogP contribution in [0.15, 0.2) is 12.1 Å². The molecule has 0 amide bonds. The summed E-state index contributed by atoms with van der Waals surface area (Å²) in [6.07, 6.45) is 0.207. The lowest BCUT2D eigenvalue weighted by atomic mass is 10.2. The molecule has 0 unspecified atom stereocenters. The summed E-state index contributed by atoms with van der Waals surface area (Å²) in [7, 11) is 0. The number of rotatable bonds is 2. The number of nitrogens with two attached hydrogens (primary N) is 1. The molecule has 2 heterocycles. The fourth-order valence-corrected chi connectivity index (χ4v) is 2.15. The van der Waals surface area contributed by atoms with Crippen LogP contribution in [-0.4, -0.2) is 35.2 Å². The minimum Gasteiger partial charge on any atom is -0.378 e. The molecule has 2 atom stereocenters. The minimum atomic E-state index is -0.531. The molecule has 0 aromatic carbocycles. The summed E-state index contributed by atoms with van der Waals surface area (Å²) >= 11 is 0. The van der Waals surface area contributed by atoms with Gasteiger partial charge in [-0.3, -0.25) is 10.1 Å². The molecule has 1 saturated heterocycles. The van der Waals surface area contributed by atoms with E-state index in [-0.39, 0.29) is 23.7 Å². The maximum Gasteiger partial charge on any atom is 0.311 e. The predicted molar refractivity (Wildman–Crippen MR) is 67.5 cm³/mol. The number of nitrogen functional groups attached to an aromatic ring is 1. The van der Waals surface area contributed by atoms with E-state index in [4.69, 9.17) is 10.5 Å². The molecule has 7 nitrogen and oxygen atoms in total. The van der Waals surface area contributed by atoms with Gasteiger partial charge in [0.2, 0.25) is 5.82 Å². The Balaban J connectivity index is 2.23. The molecule has 0 saturated carbocycles. The standard InChI is InChI=1S/C11H16N4O3/c1-7-5-14(6-8(2)18-7)10-4-3-9(15(16)17)11(12)13-10/h3-4,7-8H,5-6H2,1-2H3,(H2,12,13)/t7-,8-/m1/s1. The number of hydrogen-bond donors (Lipinski definition) is 1. The van der Waals surface area contributed by atoms with Crippen LogP contribution in [0.4, 0.5) is 17.3 Å². The van der Waals surface area contributed by atoms with Crippen LogP contribution in [0.5, 0.6) is 0 Å². The highest BCUT2D eigenvalue weighted by Gasteiger charge is 2.24. The SMILES string of the molecule is C[C@@H]1CN(c2ccc([N+](=O)[O-])c(N)n2)C[C@@H](C)O1. The van der Waals surface area contributed by atoms with Gasteiger partial charge >= 0.3 is 5.69 Å². The van der Waals surface area contributed by atoms with Gasteiger partial charge in [-0.15, -0.1) is 0 Å². The molecule has 1 aliphatic heterocycles. The quantitative estimate of drug-likeness (QED) is 0.627. The molecule has 7 heteroatoms. The molecule has 18 heavy (non-hydrogen) atoms. The number of morpholine rings is 1. The Morgan fingerprint density at radius 2 is 2.06 bits per heavy atom. The Morgan fingerprint density at radius 1 is 1.44 bits per heavy atom. The summed E-state index contributed by atoms with van der Waals surface area (Å²) in [5.41, 5.74) is 5.43. The highest BCUT2D eigenvalue weighted by molar-refractivity contribution is 5.58. The van der Waals surface area contributed by atoms with Crippen LogP contribution in [-0.2, 0) is 4.74 Å². The molecular formula is C11H16N4O3. The van der Waals surface area contributed by atoms with Gasteiger partial charge in [-0.1, -0.05) is 0 Å². The number of nitrogens with zero attached hydrogens (tertiary/aromatic N) is 3. The molecule has 2 N–H and O–H groups in total. The van der Waals surface area contributed by atoms with E-state index in [0.717, 1.165) is 0 Å². The Kier molecular flexibility index (Phi) is 3.33. The largest absolute Gasteiger partial charge is 0.378 e. The number of aromatic nitrogens is 1. The topological polar surface area (TPSA) is 94.5 Å². The second kappa shape index (κ2) is 4.77. The summed E-state index contributed by atoms with van der Waals surface area (Å²) in [5.74, 6) is 0.601. The smallest absolute Gasteiger partial charge is 0.311 e. The van der Waals surface area contributed by atoms with E-state index < -0.39 is 4.92 Å². The van der Waals surface area contributed by atoms with Crippen molar-refractivity contribution < 1.29 is 9.66 Å². The fraction of sp³-hybridized carbons (Fsp3) is 0.545. The van der Waals surface area contributed by atoms with Crippen molar-refractivity contribution in [3.8, 4) is 0 Å². The van der Waals surface area contributed by atoms with E-state index in [1.54, 1.807) is 6.07 Å². The van der Waals surface area contributed by atoms with Crippen molar-refractivity contribution in [2.24, 2.45) is 0 Å². The number of hydrogen-bond acceptors (Lipinski definition) is 6. The third kappa shape index (κ3) is 2.51. The van der Waals surface area contributed by atoms with Crippen LogP contribution in [0.1, 0.15) is 13.8 Å². The number of nitro groups is 1. The van der Waals surface area contributed by atoms with Crippen LogP contribution in [0, 0.1) is 10.1 Å². The lowest BCUT2D eigenvalue weighted by Gasteiger charge is -2.36. The van der Waals surface area contributed by atoms with Gasteiger partial charge in [-0.2, -0.15) is 0 Å². The molecule has 1 aliphatic rings. The Hall–Kier alpha value is -1.89. The van der Waals surface area contributed by atoms with Crippen molar-refractivity contribution in [3.63, 3.8) is 0 Å². The molecule has 1 aromatic heterocycles. The molecular weight excluding hydrogens is 236 g/mol. The highest BCUT2D eigenvalue weighted by atomic mass is 16.6. The fourth-order valence-electron chi connectivity index (χ4n) is 2.15. The van der Waals surface area contributed by atoms with Crippen molar-refractivity contribution in [1.29, 1.82) is 0 Å². The Labute approximate surface area is 105 Å². The molecule has 0 bridgehead atoms. The van der Waals surface area contributed by atoms with Gasteiger partial charge < -0.3 is 15.4 Å². The first-order chi connectivity index (χ1) is 8.47. The zero-order chi connectivity index (χ0) is 13.3. The van der Waals surface area contributed by atoms with Crippen LogP contribution >= 0.6 is 0 Å². The van der Waals surface area contributed by atoms with Gasteiger partial charge in [0.15, 0.2) is 0 Å². The van der Waals surface area contributed by atoms with Crippen molar-refractivity contribution in [1.82, 2.24) is 4.98 Å². The maximum atomic E-state index is 10.7. The lowest BCUT2D eigenvalue weighted by molar-refractivity contribution is -0.384. The lowest BCUT2D eigenvalue weighted by Crippen LogP contribution is -2.45. The molecule has 1 fully saturated rings. The first-order valence-electron chi connectivity index (χ1n) is 5.78. The summed E-state index contributed by atoms with van der Waals surface area (Å²) in [6.45, 7) is 5.37. The first-order valence-corrected chi connectivity index (χ1v) is 5.78. The van der Waals surface area contributed by atoms with Gasteiger partial charge in [0.25, 0.3) is 0 Å². The third-order valence-electron chi connectivity index (χ3n) is 2.83. The van der Waals surface area contributed by atoms with Crippen LogP contribution in [0.25, 0.3) is 0 Å². The monoisotopic (exact) mass is 252 g/mol. The molecule has 2 rings (SSSR count). The van der Waals surface area contributed by atoms with Gasteiger partial charge in [-0.05, 0) is 19.9 Å². The summed E-state index contributed by atoms with van der Waals surface area (Å²) in [5, 5.41) is 10.7. The number of anilines is 2. The van der Waals surface area contributed by atoms with Crippen LogP contribution in [0.3, 0.4) is 0 Å². The normalized spacial score (nSPS) is 24.0. The van der Waals surface area contributed by atoms with Crippen molar-refractivity contribution in [2.45, 2.75) is 26.1 Å². The van der Waals surface area contributed by atoms with Crippen molar-refractivity contribution >= 4 is 17.3 Å².